The molecule has 2 saturated heterocycles. The molecule has 4 bridgehead atoms. The number of carbonyl (C=O) groups is 2. The predicted molar refractivity (Wildman–Crippen MR) is 251 cm³/mol. The lowest BCUT2D eigenvalue weighted by Crippen LogP contribution is -2.44. The Kier molecular flexibility index (Phi) is 14.4. The van der Waals surface area contributed by atoms with Gasteiger partial charge in [0.15, 0.2) is 0 Å². The zero-order valence-corrected chi connectivity index (χ0v) is 41.3. The van der Waals surface area contributed by atoms with Crippen LogP contribution in [0.15, 0.2) is 45.4 Å². The number of hydrogen-bond donors (Lipinski definition) is 1. The number of hydrogen-bond acceptors (Lipinski definition) is 10. The number of fused-ring (bicyclic) bond motifs is 4. The molecule has 17 heteroatoms. The molecule has 0 spiro atoms. The quantitative estimate of drug-likeness (QED) is 0.170. The Hall–Kier alpha value is -3.23. The normalized spacial score (nSPS) is 24.4. The van der Waals surface area contributed by atoms with E-state index in [1.54, 1.807) is 35.2 Å². The fourth-order valence-electron chi connectivity index (χ4n) is 9.40. The van der Waals surface area contributed by atoms with Crippen molar-refractivity contribution < 1.29 is 38.0 Å². The predicted octanol–water partition coefficient (Wildman–Crippen LogP) is 13.1. The number of rotatable bonds is 8. The van der Waals surface area contributed by atoms with E-state index in [2.05, 4.69) is 10.3 Å². The van der Waals surface area contributed by atoms with E-state index in [-0.39, 0.29) is 42.4 Å². The highest BCUT2D eigenvalue weighted by Gasteiger charge is 2.49. The number of nitrogens with zero attached hydrogens (tertiary/aromatic N) is 4. The number of alkyl halides is 1. The van der Waals surface area contributed by atoms with Gasteiger partial charge in [-0.1, -0.05) is 68.8 Å². The van der Waals surface area contributed by atoms with Gasteiger partial charge in [-0.25, -0.2) is 9.59 Å². The zero-order valence-electron chi connectivity index (χ0n) is 37.6. The highest BCUT2D eigenvalue weighted by atomic mass is 35.5. The van der Waals surface area contributed by atoms with Crippen LogP contribution in [0, 0.1) is 11.8 Å². The number of ether oxygens (including phenoxy) is 3. The van der Waals surface area contributed by atoms with Crippen molar-refractivity contribution in [3.63, 3.8) is 0 Å². The first-order valence-electron chi connectivity index (χ1n) is 22.5. The van der Waals surface area contributed by atoms with E-state index in [1.807, 2.05) is 52.5 Å². The summed E-state index contributed by atoms with van der Waals surface area (Å²) in [7, 11) is 0. The smallest absolute Gasteiger partial charge is 0.410 e. The summed E-state index contributed by atoms with van der Waals surface area (Å²) in [6, 6.07) is 11.2. The summed E-state index contributed by atoms with van der Waals surface area (Å²) >= 11 is 31.3. The van der Waals surface area contributed by atoms with Crippen LogP contribution in [0.2, 0.25) is 20.1 Å². The average Bonchev–Trinajstić information content (AvgIpc) is 3.89. The van der Waals surface area contributed by atoms with Gasteiger partial charge in [0.1, 0.15) is 34.1 Å². The average molecular weight is 995 g/mol. The maximum absolute atomic E-state index is 12.5. The summed E-state index contributed by atoms with van der Waals surface area (Å²) in [5.74, 6) is 3.55. The Morgan fingerprint density at radius 1 is 0.677 bits per heavy atom. The van der Waals surface area contributed by atoms with Crippen LogP contribution in [-0.4, -0.2) is 86.0 Å². The standard InChI is InChI=1S/C24H28Cl2N2O4.C13H10Cl3NO.C11H19NO3/c1-24(2,3)31-23(29)28-11-14-9-15(28)10-19(14)30-12-16-21(27-32-22(16)13-7-8-13)20-17(25)5-4-6-18(20)26;14-6-8-12(17-18-13(8)7-4-5-7)11-9(15)2-1-3-10(11)16;1-11(2,3)15-10(14)12-6-7-4-8(12)5-9(7)13/h4-6,13-15,19H,7-12H2,1-3H3;1-3,7H,4-6H2;7-9,13H,4-6H2,1-3H3/t14-,15-,19+;;7-,8-,9+/m1.1/s1. The van der Waals surface area contributed by atoms with Gasteiger partial charge in [0.05, 0.1) is 44.8 Å². The molecule has 12 nitrogen and oxygen atoms in total. The van der Waals surface area contributed by atoms with Crippen LogP contribution in [-0.2, 0) is 26.7 Å². The third kappa shape index (κ3) is 11.1. The first-order valence-corrected chi connectivity index (χ1v) is 24.5. The second kappa shape index (κ2) is 19.4. The van der Waals surface area contributed by atoms with Crippen molar-refractivity contribution in [3.05, 3.63) is 79.1 Å². The fourth-order valence-corrected chi connectivity index (χ4v) is 10.8. The SMILES string of the molecule is CC(C)(C)OC(=O)N1C[C@H]2C[C@@H]1C[C@@H]2O.CC(C)(C)OC(=O)N1C[C@H]2C[C@@H]1C[C@@H]2OCc1c(-c2c(Cl)cccc2Cl)noc1C1CC1.ClCc1c(-c2c(Cl)cccc2Cl)noc1C1CC1. The van der Waals surface area contributed by atoms with Crippen molar-refractivity contribution in [1.82, 2.24) is 20.1 Å². The number of benzene rings is 2. The van der Waals surface area contributed by atoms with Gasteiger partial charge in [0.2, 0.25) is 0 Å². The zero-order chi connectivity index (χ0) is 46.5. The molecule has 6 atom stereocenters. The van der Waals surface area contributed by atoms with Gasteiger partial charge in [-0.05, 0) is 117 Å². The van der Waals surface area contributed by atoms with Crippen molar-refractivity contribution in [2.24, 2.45) is 11.8 Å². The fraction of sp³-hybridized carbons (Fsp3) is 0.583. The number of halogens is 5. The molecule has 6 fully saturated rings. The molecule has 2 amide bonds. The minimum Gasteiger partial charge on any atom is -0.444 e. The van der Waals surface area contributed by atoms with Crippen LogP contribution in [0.4, 0.5) is 9.59 Å². The van der Waals surface area contributed by atoms with Gasteiger partial charge in [-0.15, -0.1) is 11.6 Å². The van der Waals surface area contributed by atoms with E-state index in [9.17, 15) is 14.7 Å². The first kappa shape index (κ1) is 48.2. The summed E-state index contributed by atoms with van der Waals surface area (Å²) in [6.45, 7) is 13.0. The molecule has 1 N–H and O–H groups in total. The molecular formula is C48H57Cl5N4O8. The van der Waals surface area contributed by atoms with Crippen molar-refractivity contribution in [2.45, 2.75) is 153 Å². The van der Waals surface area contributed by atoms with Crippen molar-refractivity contribution in [1.29, 1.82) is 0 Å². The number of amides is 2. The number of aliphatic hydroxyl groups is 1. The summed E-state index contributed by atoms with van der Waals surface area (Å²) in [4.78, 5) is 27.9. The van der Waals surface area contributed by atoms with Gasteiger partial charge >= 0.3 is 12.2 Å². The lowest BCUT2D eigenvalue weighted by Gasteiger charge is -2.33. The van der Waals surface area contributed by atoms with Gasteiger partial charge in [-0.3, -0.25) is 0 Å². The number of likely N-dealkylation sites (tertiary alicyclic amines) is 2. The molecule has 6 aliphatic rings. The Balaban J connectivity index is 0.000000147. The molecule has 2 aromatic heterocycles. The molecule has 4 aromatic rings. The summed E-state index contributed by atoms with van der Waals surface area (Å²) in [5, 5.41) is 20.2. The van der Waals surface area contributed by atoms with Crippen LogP contribution < -0.4 is 0 Å². The maximum Gasteiger partial charge on any atom is 0.410 e. The second-order valence-corrected chi connectivity index (χ2v) is 22.0. The molecule has 4 heterocycles. The molecule has 0 unspecified atom stereocenters. The number of aliphatic hydroxyl groups excluding tert-OH is 1. The van der Waals surface area contributed by atoms with Gasteiger partial charge in [0.25, 0.3) is 0 Å². The van der Waals surface area contributed by atoms with E-state index in [0.29, 0.717) is 92.4 Å². The van der Waals surface area contributed by atoms with Crippen LogP contribution in [0.5, 0.6) is 0 Å². The number of aromatic nitrogens is 2. The highest BCUT2D eigenvalue weighted by molar-refractivity contribution is 6.39. The van der Waals surface area contributed by atoms with Crippen LogP contribution in [0.3, 0.4) is 0 Å². The molecule has 10 rings (SSSR count). The topological polar surface area (TPSA) is 141 Å². The van der Waals surface area contributed by atoms with Crippen LogP contribution in [0.25, 0.3) is 22.5 Å². The minimum absolute atomic E-state index is 0.0928. The molecule has 0 radical (unpaired) electrons. The number of carbonyl (C=O) groups excluding carboxylic acids is 2. The van der Waals surface area contributed by atoms with Gasteiger partial charge in [0, 0.05) is 71.1 Å². The molecule has 2 aromatic carbocycles. The Bertz CT molecular complexity index is 2330. The maximum atomic E-state index is 12.5. The first-order chi connectivity index (χ1) is 30.8. The van der Waals surface area contributed by atoms with Gasteiger partial charge in [-0.2, -0.15) is 0 Å². The molecule has 65 heavy (non-hydrogen) atoms. The minimum atomic E-state index is -0.487. The monoisotopic (exact) mass is 992 g/mol. The Morgan fingerprint density at radius 3 is 1.49 bits per heavy atom. The van der Waals surface area contributed by atoms with E-state index >= 15 is 0 Å². The summed E-state index contributed by atoms with van der Waals surface area (Å²) in [5.41, 5.74) is 3.66. The Labute approximate surface area is 405 Å². The van der Waals surface area contributed by atoms with Crippen LogP contribution >= 0.6 is 58.0 Å². The van der Waals surface area contributed by atoms with E-state index in [0.717, 1.165) is 67.6 Å². The number of piperidine rings is 2. The van der Waals surface area contributed by atoms with Crippen LogP contribution in [0.1, 0.15) is 127 Å². The Morgan fingerprint density at radius 2 is 1.11 bits per heavy atom. The molecular weight excluding hydrogens is 938 g/mol. The van der Waals surface area contributed by atoms with E-state index in [4.69, 9.17) is 81.3 Å². The van der Waals surface area contributed by atoms with Crippen molar-refractivity contribution in [2.75, 3.05) is 13.1 Å². The molecule has 4 saturated carbocycles. The summed E-state index contributed by atoms with van der Waals surface area (Å²) in [6.07, 6.45) is 7.28. The van der Waals surface area contributed by atoms with Gasteiger partial charge < -0.3 is 38.2 Å². The lowest BCUT2D eigenvalue weighted by molar-refractivity contribution is -0.0219. The third-order valence-electron chi connectivity index (χ3n) is 12.7. The van der Waals surface area contributed by atoms with E-state index < -0.39 is 11.2 Å². The second-order valence-electron chi connectivity index (χ2n) is 20.1. The lowest BCUT2D eigenvalue weighted by atomic mass is 10.0. The highest BCUT2D eigenvalue weighted by Crippen LogP contribution is 2.48. The van der Waals surface area contributed by atoms with E-state index in [1.165, 1.54) is 0 Å². The third-order valence-corrected chi connectivity index (χ3v) is 14.3. The van der Waals surface area contributed by atoms with Crippen molar-refractivity contribution >= 4 is 70.2 Å². The molecule has 352 valence electrons. The molecule has 4 aliphatic carbocycles. The summed E-state index contributed by atoms with van der Waals surface area (Å²) < 4.78 is 28.4. The van der Waals surface area contributed by atoms with Crippen molar-refractivity contribution in [3.8, 4) is 22.5 Å². The largest absolute Gasteiger partial charge is 0.444 e. The molecule has 2 aliphatic heterocycles.